The van der Waals surface area contributed by atoms with Gasteiger partial charge >= 0.3 is 0 Å². The van der Waals surface area contributed by atoms with E-state index in [-0.39, 0.29) is 36.8 Å². The minimum atomic E-state index is -0.330. The average molecular weight is 410 g/mol. The Balaban J connectivity index is 0.00000169. The number of hydrogen-bond donors (Lipinski definition) is 1. The number of likely N-dealkylation sites (tertiary alicyclic amines) is 2. The van der Waals surface area contributed by atoms with Crippen molar-refractivity contribution in [3.63, 3.8) is 0 Å². The van der Waals surface area contributed by atoms with E-state index >= 15 is 0 Å². The minimum Gasteiger partial charge on any atom is -0.381 e. The Morgan fingerprint density at radius 2 is 1.73 bits per heavy atom. The molecule has 0 aromatic heterocycles. The van der Waals surface area contributed by atoms with Crippen LogP contribution in [0.4, 0.5) is 0 Å². The highest BCUT2D eigenvalue weighted by atomic mass is 35.5. The Hall–Kier alpha value is -0.0700. The van der Waals surface area contributed by atoms with Gasteiger partial charge in [-0.05, 0) is 69.4 Å². The largest absolute Gasteiger partial charge is 0.381 e. The first kappa shape index (κ1) is 24.0. The molecule has 3 saturated heterocycles. The number of rotatable bonds is 4. The summed E-state index contributed by atoms with van der Waals surface area (Å²) in [5.74, 6) is 1.98. The number of halogens is 2. The molecule has 3 aliphatic rings. The van der Waals surface area contributed by atoms with Crippen LogP contribution in [0, 0.1) is 17.8 Å². The molecule has 0 spiro atoms. The highest BCUT2D eigenvalue weighted by molar-refractivity contribution is 5.85. The Bertz CT molecular complexity index is 414. The van der Waals surface area contributed by atoms with Crippen molar-refractivity contribution < 1.29 is 9.53 Å². The summed E-state index contributed by atoms with van der Waals surface area (Å²) in [7, 11) is 0. The van der Waals surface area contributed by atoms with Crippen LogP contribution in [0.1, 0.15) is 45.4 Å². The van der Waals surface area contributed by atoms with Crippen molar-refractivity contribution in [2.24, 2.45) is 23.5 Å². The van der Waals surface area contributed by atoms with E-state index in [1.807, 2.05) is 0 Å². The van der Waals surface area contributed by atoms with Gasteiger partial charge in [-0.15, -0.1) is 24.8 Å². The summed E-state index contributed by atoms with van der Waals surface area (Å²) in [6.07, 6.45) is 6.88. The highest BCUT2D eigenvalue weighted by Gasteiger charge is 2.33. The number of nitrogens with two attached hydrogens (primary N) is 1. The molecule has 1 amide bonds. The van der Waals surface area contributed by atoms with Gasteiger partial charge in [0.05, 0.1) is 6.04 Å². The molecule has 3 heterocycles. The number of ether oxygens (including phenoxy) is 1. The molecule has 154 valence electrons. The number of nitrogens with zero attached hydrogens (tertiary/aromatic N) is 2. The van der Waals surface area contributed by atoms with Gasteiger partial charge in [-0.25, -0.2) is 0 Å². The topological polar surface area (TPSA) is 58.8 Å². The first-order valence-electron chi connectivity index (χ1n) is 9.98. The van der Waals surface area contributed by atoms with Crippen molar-refractivity contribution in [1.29, 1.82) is 0 Å². The lowest BCUT2D eigenvalue weighted by Crippen LogP contribution is -2.53. The highest BCUT2D eigenvalue weighted by Crippen LogP contribution is 2.24. The SMILES string of the molecule is CC1CCN(CC2CCCN(C(=O)C(N)C3CCOCC3)C2)CC1.Cl.Cl. The van der Waals surface area contributed by atoms with Crippen molar-refractivity contribution in [3.8, 4) is 0 Å². The molecule has 0 bridgehead atoms. The monoisotopic (exact) mass is 409 g/mol. The molecule has 2 N–H and O–H groups in total. The summed E-state index contributed by atoms with van der Waals surface area (Å²) in [5.41, 5.74) is 6.31. The third-order valence-corrected chi connectivity index (χ3v) is 6.28. The molecule has 7 heteroatoms. The first-order chi connectivity index (χ1) is 11.6. The fraction of sp³-hybridized carbons (Fsp3) is 0.947. The lowest BCUT2D eigenvalue weighted by atomic mass is 9.90. The maximum atomic E-state index is 12.8. The summed E-state index contributed by atoms with van der Waals surface area (Å²) >= 11 is 0. The van der Waals surface area contributed by atoms with Crippen LogP contribution >= 0.6 is 24.8 Å². The van der Waals surface area contributed by atoms with E-state index in [1.54, 1.807) is 0 Å². The van der Waals surface area contributed by atoms with E-state index in [2.05, 4.69) is 16.7 Å². The van der Waals surface area contributed by atoms with E-state index in [0.29, 0.717) is 11.8 Å². The van der Waals surface area contributed by atoms with Crippen LogP contribution in [-0.2, 0) is 9.53 Å². The predicted molar refractivity (Wildman–Crippen MR) is 110 cm³/mol. The van der Waals surface area contributed by atoms with Crippen molar-refractivity contribution >= 4 is 30.7 Å². The zero-order valence-corrected chi connectivity index (χ0v) is 17.7. The van der Waals surface area contributed by atoms with Gasteiger partial charge in [-0.1, -0.05) is 6.92 Å². The molecule has 3 rings (SSSR count). The molecule has 2 unspecified atom stereocenters. The maximum Gasteiger partial charge on any atom is 0.239 e. The molecule has 0 aromatic rings. The Morgan fingerprint density at radius 3 is 2.38 bits per heavy atom. The van der Waals surface area contributed by atoms with Gasteiger partial charge < -0.3 is 20.3 Å². The summed E-state index contributed by atoms with van der Waals surface area (Å²) < 4.78 is 5.40. The van der Waals surface area contributed by atoms with Gasteiger partial charge in [0, 0.05) is 32.8 Å². The van der Waals surface area contributed by atoms with Crippen molar-refractivity contribution in [2.45, 2.75) is 51.5 Å². The zero-order chi connectivity index (χ0) is 16.9. The molecule has 3 fully saturated rings. The van der Waals surface area contributed by atoms with Crippen molar-refractivity contribution in [2.75, 3.05) is 45.9 Å². The van der Waals surface area contributed by atoms with Crippen LogP contribution in [0.15, 0.2) is 0 Å². The van der Waals surface area contributed by atoms with E-state index in [4.69, 9.17) is 10.5 Å². The van der Waals surface area contributed by atoms with Crippen LogP contribution in [0.25, 0.3) is 0 Å². The number of carbonyl (C=O) groups excluding carboxylic acids is 1. The first-order valence-corrected chi connectivity index (χ1v) is 9.98. The molecule has 26 heavy (non-hydrogen) atoms. The molecule has 0 aromatic carbocycles. The van der Waals surface area contributed by atoms with Gasteiger partial charge in [0.2, 0.25) is 5.91 Å². The quantitative estimate of drug-likeness (QED) is 0.774. The van der Waals surface area contributed by atoms with Crippen molar-refractivity contribution in [1.82, 2.24) is 9.80 Å². The molecule has 5 nitrogen and oxygen atoms in total. The summed E-state index contributed by atoms with van der Waals surface area (Å²) in [4.78, 5) is 17.5. The number of hydrogen-bond acceptors (Lipinski definition) is 4. The lowest BCUT2D eigenvalue weighted by molar-refractivity contribution is -0.136. The van der Waals surface area contributed by atoms with Crippen LogP contribution in [-0.4, -0.2) is 67.7 Å². The smallest absolute Gasteiger partial charge is 0.239 e. The molecule has 3 aliphatic heterocycles. The Labute approximate surface area is 171 Å². The Kier molecular flexibility index (Phi) is 10.8. The molecule has 2 atom stereocenters. The van der Waals surface area contributed by atoms with Gasteiger partial charge in [0.1, 0.15) is 0 Å². The van der Waals surface area contributed by atoms with E-state index in [0.717, 1.165) is 58.0 Å². The molecular formula is C19H37Cl2N3O2. The van der Waals surface area contributed by atoms with E-state index in [1.165, 1.54) is 32.4 Å². The fourth-order valence-corrected chi connectivity index (χ4v) is 4.51. The van der Waals surface area contributed by atoms with Crippen LogP contribution in [0.5, 0.6) is 0 Å². The second-order valence-corrected chi connectivity index (χ2v) is 8.25. The third-order valence-electron chi connectivity index (χ3n) is 6.28. The van der Waals surface area contributed by atoms with Crippen LogP contribution in [0.3, 0.4) is 0 Å². The van der Waals surface area contributed by atoms with E-state index in [9.17, 15) is 4.79 Å². The fourth-order valence-electron chi connectivity index (χ4n) is 4.51. The zero-order valence-electron chi connectivity index (χ0n) is 16.1. The average Bonchev–Trinajstić information content (AvgIpc) is 2.63. The minimum absolute atomic E-state index is 0. The molecular weight excluding hydrogens is 373 g/mol. The molecule has 0 radical (unpaired) electrons. The van der Waals surface area contributed by atoms with E-state index < -0.39 is 0 Å². The molecule has 0 aliphatic carbocycles. The van der Waals surface area contributed by atoms with Gasteiger partial charge in [-0.3, -0.25) is 4.79 Å². The standard InChI is InChI=1S/C19H35N3O2.2ClH/c1-15-4-9-21(10-5-15)13-16-3-2-8-22(14-16)19(23)18(20)17-6-11-24-12-7-17;;/h15-18H,2-14,20H2,1H3;2*1H. The predicted octanol–water partition coefficient (Wildman–Crippen LogP) is 2.55. The summed E-state index contributed by atoms with van der Waals surface area (Å²) in [6, 6.07) is -0.330. The lowest BCUT2D eigenvalue weighted by Gasteiger charge is -2.39. The second kappa shape index (κ2) is 11.7. The van der Waals surface area contributed by atoms with Gasteiger partial charge in [0.25, 0.3) is 0 Å². The van der Waals surface area contributed by atoms with Crippen LogP contribution < -0.4 is 5.73 Å². The van der Waals surface area contributed by atoms with Gasteiger partial charge in [-0.2, -0.15) is 0 Å². The molecule has 0 saturated carbocycles. The normalized spacial score (nSPS) is 27.3. The van der Waals surface area contributed by atoms with Crippen LogP contribution in [0.2, 0.25) is 0 Å². The third kappa shape index (κ3) is 6.52. The second-order valence-electron chi connectivity index (χ2n) is 8.25. The summed E-state index contributed by atoms with van der Waals surface area (Å²) in [6.45, 7) is 9.27. The maximum absolute atomic E-state index is 12.8. The summed E-state index contributed by atoms with van der Waals surface area (Å²) in [5, 5.41) is 0. The van der Waals surface area contributed by atoms with Crippen molar-refractivity contribution in [3.05, 3.63) is 0 Å². The van der Waals surface area contributed by atoms with Gasteiger partial charge in [0.15, 0.2) is 0 Å². The number of carbonyl (C=O) groups is 1. The number of piperidine rings is 2. The Morgan fingerprint density at radius 1 is 1.08 bits per heavy atom. The number of amides is 1.